The van der Waals surface area contributed by atoms with Crippen molar-refractivity contribution < 1.29 is 13.6 Å². The first kappa shape index (κ1) is 20.1. The third-order valence-corrected chi connectivity index (χ3v) is 5.32. The van der Waals surface area contributed by atoms with Gasteiger partial charge in [-0.05, 0) is 42.5 Å². The summed E-state index contributed by atoms with van der Waals surface area (Å²) in [6, 6.07) is 7.72. The Morgan fingerprint density at radius 3 is 2.79 bits per heavy atom. The highest BCUT2D eigenvalue weighted by molar-refractivity contribution is 5.94. The van der Waals surface area contributed by atoms with Gasteiger partial charge in [0.25, 0.3) is 0 Å². The van der Waals surface area contributed by atoms with Gasteiger partial charge in [-0.25, -0.2) is 13.8 Å². The van der Waals surface area contributed by atoms with Crippen LogP contribution in [0.5, 0.6) is 0 Å². The number of nitrogens with zero attached hydrogens (tertiary/aromatic N) is 2. The van der Waals surface area contributed by atoms with E-state index >= 15 is 0 Å². The van der Waals surface area contributed by atoms with E-state index in [1.165, 1.54) is 6.07 Å². The van der Waals surface area contributed by atoms with E-state index in [-0.39, 0.29) is 37.2 Å². The standard InChI is InChI=1S/C20H24F2N4O2/c1-26-15(3-2-4-17(26)27)11-13-7-10-24-16(12-13)25-19(28)18(23)14-5-8-20(21,22)9-6-14/h2-4,7,10,12,14,18H,5-6,8-9,11,23H2,1H3,(H,24,25,28). The first-order valence-electron chi connectivity index (χ1n) is 9.29. The van der Waals surface area contributed by atoms with Crippen LogP contribution >= 0.6 is 0 Å². The SMILES string of the molecule is Cn1c(Cc2ccnc(NC(=O)C(N)C3CCC(F)(F)CC3)c2)cccc1=O. The summed E-state index contributed by atoms with van der Waals surface area (Å²) in [6.07, 6.45) is 2.07. The van der Waals surface area contributed by atoms with E-state index in [9.17, 15) is 18.4 Å². The van der Waals surface area contributed by atoms with E-state index in [0.717, 1.165) is 11.3 Å². The van der Waals surface area contributed by atoms with Gasteiger partial charge in [-0.1, -0.05) is 6.07 Å². The number of carbonyl (C=O) groups is 1. The summed E-state index contributed by atoms with van der Waals surface area (Å²) in [5.74, 6) is -2.99. The Labute approximate surface area is 161 Å². The summed E-state index contributed by atoms with van der Waals surface area (Å²) >= 11 is 0. The Balaban J connectivity index is 1.65. The van der Waals surface area contributed by atoms with Crippen LogP contribution in [0.25, 0.3) is 0 Å². The Hall–Kier alpha value is -2.61. The summed E-state index contributed by atoms with van der Waals surface area (Å²) in [5, 5.41) is 2.68. The van der Waals surface area contributed by atoms with Crippen molar-refractivity contribution in [2.45, 2.75) is 44.1 Å². The number of hydrogen-bond acceptors (Lipinski definition) is 4. The Morgan fingerprint density at radius 1 is 1.36 bits per heavy atom. The predicted octanol–water partition coefficient (Wildman–Crippen LogP) is 2.46. The molecule has 0 aromatic carbocycles. The lowest BCUT2D eigenvalue weighted by Crippen LogP contribution is -2.44. The van der Waals surface area contributed by atoms with Gasteiger partial charge in [-0.15, -0.1) is 0 Å². The van der Waals surface area contributed by atoms with E-state index in [4.69, 9.17) is 5.73 Å². The zero-order chi connectivity index (χ0) is 20.3. The number of hydrogen-bond donors (Lipinski definition) is 2. The number of anilines is 1. The van der Waals surface area contributed by atoms with Crippen molar-refractivity contribution >= 4 is 11.7 Å². The van der Waals surface area contributed by atoms with Gasteiger partial charge < -0.3 is 15.6 Å². The largest absolute Gasteiger partial charge is 0.320 e. The summed E-state index contributed by atoms with van der Waals surface area (Å²) < 4.78 is 28.1. The highest BCUT2D eigenvalue weighted by Gasteiger charge is 2.38. The zero-order valence-corrected chi connectivity index (χ0v) is 15.7. The molecule has 3 N–H and O–H groups in total. The number of rotatable bonds is 5. The summed E-state index contributed by atoms with van der Waals surface area (Å²) in [6.45, 7) is 0. The van der Waals surface area contributed by atoms with Crippen molar-refractivity contribution in [3.05, 3.63) is 58.1 Å². The second-order valence-corrected chi connectivity index (χ2v) is 7.35. The highest BCUT2D eigenvalue weighted by atomic mass is 19.3. The van der Waals surface area contributed by atoms with Gasteiger partial charge >= 0.3 is 0 Å². The van der Waals surface area contributed by atoms with Crippen molar-refractivity contribution in [1.82, 2.24) is 9.55 Å². The number of carbonyl (C=O) groups excluding carboxylic acids is 1. The molecule has 8 heteroatoms. The molecule has 1 aliphatic rings. The van der Waals surface area contributed by atoms with Crippen molar-refractivity contribution in [2.75, 3.05) is 5.32 Å². The maximum atomic E-state index is 13.3. The van der Waals surface area contributed by atoms with Gasteiger partial charge in [0.15, 0.2) is 0 Å². The summed E-state index contributed by atoms with van der Waals surface area (Å²) in [5.41, 5.74) is 7.61. The van der Waals surface area contributed by atoms with Crippen molar-refractivity contribution in [3.63, 3.8) is 0 Å². The van der Waals surface area contributed by atoms with Gasteiger partial charge in [-0.3, -0.25) is 9.59 Å². The topological polar surface area (TPSA) is 90.0 Å². The lowest BCUT2D eigenvalue weighted by molar-refractivity contribution is -0.120. The quantitative estimate of drug-likeness (QED) is 0.821. The van der Waals surface area contributed by atoms with Gasteiger partial charge in [0.1, 0.15) is 5.82 Å². The molecule has 1 atom stereocenters. The van der Waals surface area contributed by atoms with Crippen molar-refractivity contribution in [3.8, 4) is 0 Å². The molecule has 1 unspecified atom stereocenters. The first-order valence-corrected chi connectivity index (χ1v) is 9.29. The second-order valence-electron chi connectivity index (χ2n) is 7.35. The first-order chi connectivity index (χ1) is 13.2. The normalized spacial score (nSPS) is 17.9. The molecule has 0 bridgehead atoms. The fourth-order valence-electron chi connectivity index (χ4n) is 3.49. The third-order valence-electron chi connectivity index (χ3n) is 5.32. The molecule has 2 heterocycles. The van der Waals surface area contributed by atoms with Gasteiger partial charge in [0, 0.05) is 44.3 Å². The maximum absolute atomic E-state index is 13.3. The molecule has 2 aromatic heterocycles. The van der Waals surface area contributed by atoms with E-state index in [0.29, 0.717) is 12.2 Å². The molecule has 150 valence electrons. The molecule has 1 amide bonds. The third kappa shape index (κ3) is 4.81. The maximum Gasteiger partial charge on any atom is 0.250 e. The molecule has 1 aliphatic carbocycles. The van der Waals surface area contributed by atoms with Crippen LogP contribution in [0, 0.1) is 5.92 Å². The minimum Gasteiger partial charge on any atom is -0.320 e. The van der Waals surface area contributed by atoms with E-state index in [1.807, 2.05) is 6.07 Å². The number of halogens is 2. The van der Waals surface area contributed by atoms with Crippen LogP contribution in [-0.2, 0) is 18.3 Å². The van der Waals surface area contributed by atoms with E-state index in [1.54, 1.807) is 36.0 Å². The van der Waals surface area contributed by atoms with Crippen molar-refractivity contribution in [1.29, 1.82) is 0 Å². The molecule has 0 radical (unpaired) electrons. The molecule has 0 aliphatic heterocycles. The van der Waals surface area contributed by atoms with Crippen LogP contribution in [0.15, 0.2) is 41.3 Å². The van der Waals surface area contributed by atoms with Crippen LogP contribution in [0.3, 0.4) is 0 Å². The molecule has 1 saturated carbocycles. The van der Waals surface area contributed by atoms with Crippen LogP contribution in [-0.4, -0.2) is 27.4 Å². The van der Waals surface area contributed by atoms with Crippen LogP contribution in [0.1, 0.15) is 36.9 Å². The number of aromatic nitrogens is 2. The van der Waals surface area contributed by atoms with Crippen LogP contribution < -0.4 is 16.6 Å². The lowest BCUT2D eigenvalue weighted by Gasteiger charge is -2.31. The van der Waals surface area contributed by atoms with Gasteiger partial charge in [-0.2, -0.15) is 0 Å². The number of alkyl halides is 2. The number of amides is 1. The highest BCUT2D eigenvalue weighted by Crippen LogP contribution is 2.37. The molecule has 28 heavy (non-hydrogen) atoms. The molecule has 3 rings (SSSR count). The summed E-state index contributed by atoms with van der Waals surface area (Å²) in [7, 11) is 1.70. The molecule has 0 saturated heterocycles. The number of nitrogens with one attached hydrogen (secondary N) is 1. The molecule has 1 fully saturated rings. The van der Waals surface area contributed by atoms with Crippen LogP contribution in [0.4, 0.5) is 14.6 Å². The fraction of sp³-hybridized carbons (Fsp3) is 0.450. The molecule has 6 nitrogen and oxygen atoms in total. The zero-order valence-electron chi connectivity index (χ0n) is 15.7. The van der Waals surface area contributed by atoms with E-state index in [2.05, 4.69) is 10.3 Å². The monoisotopic (exact) mass is 390 g/mol. The molecule has 0 spiro atoms. The van der Waals surface area contributed by atoms with Crippen molar-refractivity contribution in [2.24, 2.45) is 18.7 Å². The minimum atomic E-state index is -2.65. The molecule has 2 aromatic rings. The average molecular weight is 390 g/mol. The molecular weight excluding hydrogens is 366 g/mol. The molecular formula is C20H24F2N4O2. The summed E-state index contributed by atoms with van der Waals surface area (Å²) in [4.78, 5) is 28.3. The predicted molar refractivity (Wildman–Crippen MR) is 102 cm³/mol. The minimum absolute atomic E-state index is 0.0934. The van der Waals surface area contributed by atoms with Gasteiger partial charge in [0.05, 0.1) is 6.04 Å². The smallest absolute Gasteiger partial charge is 0.250 e. The second kappa shape index (κ2) is 8.18. The Morgan fingerprint density at radius 2 is 2.07 bits per heavy atom. The van der Waals surface area contributed by atoms with Crippen LogP contribution in [0.2, 0.25) is 0 Å². The number of nitrogens with two attached hydrogens (primary N) is 1. The number of pyridine rings is 2. The average Bonchev–Trinajstić information content (AvgIpc) is 2.65. The van der Waals surface area contributed by atoms with E-state index < -0.39 is 17.9 Å². The Bertz CT molecular complexity index is 903. The Kier molecular flexibility index (Phi) is 5.88. The van der Waals surface area contributed by atoms with Gasteiger partial charge in [0.2, 0.25) is 17.4 Å². The lowest BCUT2D eigenvalue weighted by atomic mass is 9.82. The fourth-order valence-corrected chi connectivity index (χ4v) is 3.49.